The second kappa shape index (κ2) is 9.59. The van der Waals surface area contributed by atoms with Gasteiger partial charge in [0.1, 0.15) is 0 Å². The number of benzene rings is 2. The first-order chi connectivity index (χ1) is 19.3. The number of hydrogen-bond donors (Lipinski definition) is 2. The minimum Gasteiger partial charge on any atom is -0.355 e. The topological polar surface area (TPSA) is 57.4 Å². The highest BCUT2D eigenvalue weighted by molar-refractivity contribution is 14.1. The van der Waals surface area contributed by atoms with Gasteiger partial charge in [-0.3, -0.25) is 4.98 Å². The summed E-state index contributed by atoms with van der Waals surface area (Å²) in [6.07, 6.45) is 5.11. The van der Waals surface area contributed by atoms with Gasteiger partial charge in [-0.15, -0.1) is 0 Å². The molecule has 0 radical (unpaired) electrons. The van der Waals surface area contributed by atoms with Crippen LogP contribution in [0, 0.1) is 10.5 Å². The van der Waals surface area contributed by atoms with Crippen molar-refractivity contribution in [3.8, 4) is 22.3 Å². The SMILES string of the molecule is Cc1ccc(-c2c3nc(cc4[nH]c(cc5nc(cc6ccc2[nH]6)C(C)(C)C5)cc4-c2ccc(I)cc2)C=C3)cc1. The lowest BCUT2D eigenvalue weighted by Gasteiger charge is -2.15. The third-order valence-electron chi connectivity index (χ3n) is 7.75. The maximum atomic E-state index is 5.12. The van der Waals surface area contributed by atoms with Crippen molar-refractivity contribution in [1.82, 2.24) is 19.9 Å². The number of aryl methyl sites for hydroxylation is 1. The molecule has 0 saturated heterocycles. The number of nitrogens with one attached hydrogen (secondary N) is 2. The Bertz CT molecular complexity index is 1960. The predicted octanol–water partition coefficient (Wildman–Crippen LogP) is 9.25. The molecule has 7 rings (SSSR count). The summed E-state index contributed by atoms with van der Waals surface area (Å²) in [4.78, 5) is 17.6. The maximum absolute atomic E-state index is 5.12. The highest BCUT2D eigenvalue weighted by atomic mass is 127. The summed E-state index contributed by atoms with van der Waals surface area (Å²) in [6.45, 7) is 6.65. The zero-order valence-corrected chi connectivity index (χ0v) is 24.9. The normalized spacial score (nSPS) is 14.0. The van der Waals surface area contributed by atoms with E-state index in [9.17, 15) is 0 Å². The molecular formula is C35H29IN4. The van der Waals surface area contributed by atoms with Crippen LogP contribution >= 0.6 is 22.6 Å². The summed E-state index contributed by atoms with van der Waals surface area (Å²) in [5.74, 6) is 0. The highest BCUT2D eigenvalue weighted by Crippen LogP contribution is 2.34. The van der Waals surface area contributed by atoms with Crippen LogP contribution in [0.3, 0.4) is 0 Å². The average molecular weight is 633 g/mol. The Hall–Kier alpha value is -3.97. The Morgan fingerprint density at radius 1 is 0.725 bits per heavy atom. The van der Waals surface area contributed by atoms with Crippen LogP contribution < -0.4 is 0 Å². The highest BCUT2D eigenvalue weighted by Gasteiger charge is 2.28. The predicted molar refractivity (Wildman–Crippen MR) is 175 cm³/mol. The largest absolute Gasteiger partial charge is 0.355 e. The minimum absolute atomic E-state index is 0.0587. The molecule has 40 heavy (non-hydrogen) atoms. The van der Waals surface area contributed by atoms with E-state index in [-0.39, 0.29) is 5.41 Å². The zero-order chi connectivity index (χ0) is 27.4. The monoisotopic (exact) mass is 632 g/mol. The molecule has 2 aromatic carbocycles. The first kappa shape index (κ1) is 25.0. The summed E-state index contributed by atoms with van der Waals surface area (Å²) >= 11 is 2.35. The number of aromatic nitrogens is 4. The molecule has 2 aliphatic heterocycles. The number of aromatic amines is 2. The van der Waals surface area contributed by atoms with Gasteiger partial charge >= 0.3 is 0 Å². The molecule has 0 unspecified atom stereocenters. The standard InChI is InChI=1S/C35H29IN4/c1-21-4-6-23(7-5-21)34-30-14-12-25(37-30)18-32-29(22-8-10-24(36)11-9-22)17-27(39-32)16-28-20-35(2,3)33(40-28)19-26-13-15-31(34)38-26/h4-19,38-39H,20H2,1-3H3. The van der Waals surface area contributed by atoms with Crippen molar-refractivity contribution in [2.45, 2.75) is 32.6 Å². The van der Waals surface area contributed by atoms with Gasteiger partial charge in [-0.2, -0.15) is 0 Å². The quantitative estimate of drug-likeness (QED) is 0.187. The van der Waals surface area contributed by atoms with E-state index in [0.29, 0.717) is 0 Å². The van der Waals surface area contributed by atoms with Crippen LogP contribution in [0.4, 0.5) is 0 Å². The molecule has 8 bridgehead atoms. The summed E-state index contributed by atoms with van der Waals surface area (Å²) in [7, 11) is 0. The number of nitrogens with zero attached hydrogens (tertiary/aromatic N) is 2. The minimum atomic E-state index is -0.0587. The van der Waals surface area contributed by atoms with Crippen LogP contribution in [0.2, 0.25) is 0 Å². The van der Waals surface area contributed by atoms with Gasteiger partial charge in [0.15, 0.2) is 0 Å². The van der Waals surface area contributed by atoms with E-state index in [4.69, 9.17) is 9.97 Å². The van der Waals surface area contributed by atoms with Gasteiger partial charge < -0.3 is 9.97 Å². The van der Waals surface area contributed by atoms with E-state index in [2.05, 4.69) is 150 Å². The van der Waals surface area contributed by atoms with E-state index in [1.165, 1.54) is 14.7 Å². The third kappa shape index (κ3) is 4.68. The van der Waals surface area contributed by atoms with Crippen molar-refractivity contribution in [1.29, 1.82) is 0 Å². The molecular weight excluding hydrogens is 603 g/mol. The summed E-state index contributed by atoms with van der Waals surface area (Å²) in [6, 6.07) is 30.4. The number of halogens is 1. The van der Waals surface area contributed by atoms with E-state index in [1.807, 2.05) is 0 Å². The first-order valence-electron chi connectivity index (χ1n) is 13.6. The Kier molecular flexibility index (Phi) is 6.00. The molecule has 0 fully saturated rings. The second-order valence-corrected chi connectivity index (χ2v) is 12.6. The molecule has 0 atom stereocenters. The smallest absolute Gasteiger partial charge is 0.0736 e. The van der Waals surface area contributed by atoms with Crippen molar-refractivity contribution in [3.05, 3.63) is 117 Å². The Balaban J connectivity index is 1.57. The van der Waals surface area contributed by atoms with E-state index in [0.717, 1.165) is 68.0 Å². The molecule has 196 valence electrons. The Labute approximate surface area is 247 Å². The fourth-order valence-corrected chi connectivity index (χ4v) is 5.99. The van der Waals surface area contributed by atoms with Gasteiger partial charge in [0.05, 0.1) is 11.4 Å². The van der Waals surface area contributed by atoms with Gasteiger partial charge in [0.2, 0.25) is 0 Å². The number of rotatable bonds is 2. The lowest BCUT2D eigenvalue weighted by Crippen LogP contribution is -2.14. The van der Waals surface area contributed by atoms with Gasteiger partial charge in [0.25, 0.3) is 0 Å². The Morgan fingerprint density at radius 2 is 1.48 bits per heavy atom. The summed E-state index contributed by atoms with van der Waals surface area (Å²) in [5, 5.41) is 0. The molecule has 0 saturated carbocycles. The first-order valence-corrected chi connectivity index (χ1v) is 14.6. The van der Waals surface area contributed by atoms with Gasteiger partial charge in [0, 0.05) is 60.0 Å². The maximum Gasteiger partial charge on any atom is 0.0736 e. The lowest BCUT2D eigenvalue weighted by atomic mass is 9.87. The number of fused-ring (bicyclic) bond motifs is 8. The van der Waals surface area contributed by atoms with E-state index in [1.54, 1.807) is 0 Å². The van der Waals surface area contributed by atoms with Crippen molar-refractivity contribution in [3.63, 3.8) is 0 Å². The van der Waals surface area contributed by atoms with Gasteiger partial charge in [-0.1, -0.05) is 55.8 Å². The third-order valence-corrected chi connectivity index (χ3v) is 8.47. The van der Waals surface area contributed by atoms with Crippen molar-refractivity contribution in [2.75, 3.05) is 0 Å². The van der Waals surface area contributed by atoms with Crippen LogP contribution in [0.15, 0.2) is 84.9 Å². The lowest BCUT2D eigenvalue weighted by molar-refractivity contribution is 0.543. The van der Waals surface area contributed by atoms with Crippen LogP contribution in [-0.2, 0) is 11.8 Å². The summed E-state index contributed by atoms with van der Waals surface area (Å²) < 4.78 is 1.22. The van der Waals surface area contributed by atoms with Crippen LogP contribution in [0.25, 0.3) is 56.5 Å². The number of hydrogen-bond acceptors (Lipinski definition) is 2. The molecule has 0 aliphatic carbocycles. The molecule has 0 spiro atoms. The van der Waals surface area contributed by atoms with Crippen LogP contribution in [-0.4, -0.2) is 19.9 Å². The second-order valence-electron chi connectivity index (χ2n) is 11.4. The molecule has 5 heteroatoms. The van der Waals surface area contributed by atoms with E-state index >= 15 is 0 Å². The Morgan fingerprint density at radius 3 is 2.27 bits per heavy atom. The zero-order valence-electron chi connectivity index (χ0n) is 22.7. The average Bonchev–Trinajstić information content (AvgIpc) is 3.70. The molecule has 4 nitrogen and oxygen atoms in total. The van der Waals surface area contributed by atoms with Crippen LogP contribution in [0.5, 0.6) is 0 Å². The molecule has 5 aromatic rings. The number of H-pyrrole nitrogens is 2. The van der Waals surface area contributed by atoms with Gasteiger partial charge in [-0.05, 0) is 101 Å². The fourth-order valence-electron chi connectivity index (χ4n) is 5.63. The van der Waals surface area contributed by atoms with Crippen LogP contribution in [0.1, 0.15) is 42.2 Å². The fraction of sp³-hybridized carbons (Fsp3) is 0.143. The van der Waals surface area contributed by atoms with Crippen molar-refractivity contribution >= 4 is 56.8 Å². The molecule has 2 aliphatic rings. The molecule has 3 aromatic heterocycles. The van der Waals surface area contributed by atoms with Crippen molar-refractivity contribution in [2.24, 2.45) is 0 Å². The van der Waals surface area contributed by atoms with E-state index < -0.39 is 0 Å². The summed E-state index contributed by atoms with van der Waals surface area (Å²) in [5.41, 5.74) is 13.9. The molecule has 2 N–H and O–H groups in total. The molecule has 0 amide bonds. The van der Waals surface area contributed by atoms with Crippen molar-refractivity contribution < 1.29 is 0 Å². The molecule has 5 heterocycles. The van der Waals surface area contributed by atoms with Gasteiger partial charge in [-0.25, -0.2) is 4.98 Å².